The second-order valence-corrected chi connectivity index (χ2v) is 6.24. The molecule has 0 unspecified atom stereocenters. The lowest BCUT2D eigenvalue weighted by Gasteiger charge is -1.93. The van der Waals surface area contributed by atoms with Crippen molar-refractivity contribution in [2.24, 2.45) is 0 Å². The van der Waals surface area contributed by atoms with Crippen molar-refractivity contribution in [3.63, 3.8) is 0 Å². The van der Waals surface area contributed by atoms with Crippen LogP contribution < -0.4 is 0 Å². The van der Waals surface area contributed by atoms with Gasteiger partial charge in [0.25, 0.3) is 0 Å². The molecule has 5 heteroatoms. The van der Waals surface area contributed by atoms with Gasteiger partial charge in [-0.3, -0.25) is 4.79 Å². The van der Waals surface area contributed by atoms with Gasteiger partial charge in [-0.25, -0.2) is 0 Å². The fourth-order valence-corrected chi connectivity index (χ4v) is 2.94. The zero-order chi connectivity index (χ0) is 10.8. The van der Waals surface area contributed by atoms with Crippen molar-refractivity contribution < 1.29 is 9.21 Å². The first-order valence-electron chi connectivity index (χ1n) is 4.18. The molecule has 0 bridgehead atoms. The van der Waals surface area contributed by atoms with E-state index in [2.05, 4.69) is 31.9 Å². The van der Waals surface area contributed by atoms with Gasteiger partial charge in [-0.1, -0.05) is 0 Å². The maximum atomic E-state index is 11.7. The molecule has 0 aliphatic heterocycles. The summed E-state index contributed by atoms with van der Waals surface area (Å²) in [6, 6.07) is 7.27. The molecule has 0 N–H and O–H groups in total. The Balaban J connectivity index is 2.10. The first-order chi connectivity index (χ1) is 7.15. The van der Waals surface area contributed by atoms with Gasteiger partial charge in [0.1, 0.15) is 0 Å². The molecule has 0 amide bonds. The Bertz CT molecular complexity index is 487. The molecule has 0 radical (unpaired) electrons. The summed E-state index contributed by atoms with van der Waals surface area (Å²) in [7, 11) is 0. The van der Waals surface area contributed by atoms with E-state index in [0.29, 0.717) is 16.9 Å². The predicted octanol–water partition coefficient (Wildman–Crippen LogP) is 4.29. The third-order valence-electron chi connectivity index (χ3n) is 1.81. The molecule has 0 spiro atoms. The van der Waals surface area contributed by atoms with Crippen molar-refractivity contribution in [3.05, 3.63) is 43.4 Å². The largest absolute Gasteiger partial charge is 0.446 e. The van der Waals surface area contributed by atoms with Crippen LogP contribution in [-0.2, 0) is 6.42 Å². The van der Waals surface area contributed by atoms with Gasteiger partial charge >= 0.3 is 0 Å². The van der Waals surface area contributed by atoms with E-state index in [0.717, 1.165) is 8.66 Å². The van der Waals surface area contributed by atoms with Crippen LogP contribution in [0.5, 0.6) is 0 Å². The lowest BCUT2D eigenvalue weighted by atomic mass is 10.2. The molecule has 15 heavy (non-hydrogen) atoms. The van der Waals surface area contributed by atoms with Crippen LogP contribution in [0.2, 0.25) is 0 Å². The average molecular weight is 350 g/mol. The second-order valence-electron chi connectivity index (χ2n) is 2.91. The topological polar surface area (TPSA) is 30.2 Å². The van der Waals surface area contributed by atoms with E-state index >= 15 is 0 Å². The lowest BCUT2D eigenvalue weighted by Crippen LogP contribution is -1.99. The Morgan fingerprint density at radius 3 is 2.60 bits per heavy atom. The van der Waals surface area contributed by atoms with Gasteiger partial charge in [0.15, 0.2) is 10.4 Å². The van der Waals surface area contributed by atoms with Crippen LogP contribution in [0.25, 0.3) is 0 Å². The number of carbonyl (C=O) groups is 1. The van der Waals surface area contributed by atoms with Gasteiger partial charge in [0.2, 0.25) is 5.78 Å². The van der Waals surface area contributed by atoms with E-state index in [9.17, 15) is 4.79 Å². The molecule has 0 aliphatic rings. The van der Waals surface area contributed by atoms with Crippen LogP contribution >= 0.6 is 43.2 Å². The molecule has 0 fully saturated rings. The molecule has 2 heterocycles. The highest BCUT2D eigenvalue weighted by molar-refractivity contribution is 9.11. The van der Waals surface area contributed by atoms with Crippen LogP contribution in [0.1, 0.15) is 15.4 Å². The third-order valence-corrected chi connectivity index (χ3v) is 3.86. The summed E-state index contributed by atoms with van der Waals surface area (Å²) in [4.78, 5) is 12.7. The summed E-state index contributed by atoms with van der Waals surface area (Å²) < 4.78 is 6.80. The van der Waals surface area contributed by atoms with Gasteiger partial charge in [-0.2, -0.15) is 0 Å². The standard InChI is InChI=1S/C10H6Br2O2S/c11-9-3-2-8(14-9)7(13)5-6-1-4-10(12)15-6/h1-4H,5H2. The minimum Gasteiger partial charge on any atom is -0.446 e. The molecule has 0 aromatic carbocycles. The maximum absolute atomic E-state index is 11.7. The molecule has 0 atom stereocenters. The minimum absolute atomic E-state index is 0.00458. The third kappa shape index (κ3) is 2.80. The number of furan rings is 1. The van der Waals surface area contributed by atoms with Crippen LogP contribution in [-0.4, -0.2) is 5.78 Å². The van der Waals surface area contributed by atoms with Gasteiger partial charge in [-0.15, -0.1) is 11.3 Å². The summed E-state index contributed by atoms with van der Waals surface area (Å²) in [5, 5.41) is 0. The monoisotopic (exact) mass is 348 g/mol. The van der Waals surface area contributed by atoms with Crippen LogP contribution in [0.3, 0.4) is 0 Å². The molecular formula is C10H6Br2O2S. The fourth-order valence-electron chi connectivity index (χ4n) is 1.16. The van der Waals surface area contributed by atoms with Gasteiger partial charge in [-0.05, 0) is 56.1 Å². The van der Waals surface area contributed by atoms with Crippen LogP contribution in [0.4, 0.5) is 0 Å². The molecule has 0 saturated carbocycles. The number of thiophene rings is 1. The zero-order valence-corrected chi connectivity index (χ0v) is 11.5. The minimum atomic E-state index is -0.00458. The first kappa shape index (κ1) is 11.1. The first-order valence-corrected chi connectivity index (χ1v) is 6.58. The normalized spacial score (nSPS) is 10.5. The van der Waals surface area contributed by atoms with E-state index in [1.54, 1.807) is 23.5 Å². The van der Waals surface area contributed by atoms with E-state index in [1.807, 2.05) is 12.1 Å². The number of ketones is 1. The number of hydrogen-bond donors (Lipinski definition) is 0. The quantitative estimate of drug-likeness (QED) is 0.773. The summed E-state index contributed by atoms with van der Waals surface area (Å²) in [5.74, 6) is 0.390. The Kier molecular flexibility index (Phi) is 3.43. The van der Waals surface area contributed by atoms with Gasteiger partial charge in [0.05, 0.1) is 3.79 Å². The highest BCUT2D eigenvalue weighted by atomic mass is 79.9. The summed E-state index contributed by atoms with van der Waals surface area (Å²) in [6.07, 6.45) is 0.385. The van der Waals surface area contributed by atoms with Crippen molar-refractivity contribution in [1.82, 2.24) is 0 Å². The van der Waals surface area contributed by atoms with Crippen molar-refractivity contribution in [1.29, 1.82) is 0 Å². The maximum Gasteiger partial charge on any atom is 0.203 e. The molecule has 0 saturated heterocycles. The number of hydrogen-bond acceptors (Lipinski definition) is 3. The number of halogens is 2. The summed E-state index contributed by atoms with van der Waals surface area (Å²) >= 11 is 8.08. The highest BCUT2D eigenvalue weighted by Crippen LogP contribution is 2.24. The molecule has 2 aromatic rings. The molecule has 2 aromatic heterocycles. The number of rotatable bonds is 3. The van der Waals surface area contributed by atoms with Crippen molar-refractivity contribution in [2.45, 2.75) is 6.42 Å². The number of carbonyl (C=O) groups excluding carboxylic acids is 1. The lowest BCUT2D eigenvalue weighted by molar-refractivity contribution is 0.0966. The predicted molar refractivity (Wildman–Crippen MR) is 66.5 cm³/mol. The Labute approximate surface area is 108 Å². The van der Waals surface area contributed by atoms with E-state index in [1.165, 1.54) is 0 Å². The highest BCUT2D eigenvalue weighted by Gasteiger charge is 2.12. The molecule has 78 valence electrons. The Hall–Kier alpha value is -0.390. The molecule has 0 aliphatic carbocycles. The van der Waals surface area contributed by atoms with Crippen molar-refractivity contribution >= 4 is 49.0 Å². The average Bonchev–Trinajstić information content (AvgIpc) is 2.75. The van der Waals surface area contributed by atoms with E-state index in [-0.39, 0.29) is 5.78 Å². The van der Waals surface area contributed by atoms with E-state index in [4.69, 9.17) is 4.42 Å². The Morgan fingerprint density at radius 2 is 2.07 bits per heavy atom. The summed E-state index contributed by atoms with van der Waals surface area (Å²) in [6.45, 7) is 0. The zero-order valence-electron chi connectivity index (χ0n) is 7.50. The van der Waals surface area contributed by atoms with E-state index < -0.39 is 0 Å². The SMILES string of the molecule is O=C(Cc1ccc(Br)s1)c1ccc(Br)o1. The van der Waals surface area contributed by atoms with Crippen molar-refractivity contribution in [2.75, 3.05) is 0 Å². The van der Waals surface area contributed by atoms with Gasteiger partial charge < -0.3 is 4.42 Å². The van der Waals surface area contributed by atoms with Crippen molar-refractivity contribution in [3.8, 4) is 0 Å². The number of Topliss-reactive ketones (excluding diaryl/α,β-unsaturated/α-hetero) is 1. The van der Waals surface area contributed by atoms with Gasteiger partial charge in [0, 0.05) is 11.3 Å². The van der Waals surface area contributed by atoms with Crippen LogP contribution in [0, 0.1) is 0 Å². The summed E-state index contributed by atoms with van der Waals surface area (Å²) in [5.41, 5.74) is 0. The fraction of sp³-hybridized carbons (Fsp3) is 0.100. The van der Waals surface area contributed by atoms with Crippen LogP contribution in [0.15, 0.2) is 37.1 Å². The smallest absolute Gasteiger partial charge is 0.203 e. The molecular weight excluding hydrogens is 344 g/mol. The Morgan fingerprint density at radius 1 is 1.27 bits per heavy atom. The molecule has 2 nitrogen and oxygen atoms in total. The second kappa shape index (κ2) is 4.63. The molecule has 2 rings (SSSR count).